The van der Waals surface area contributed by atoms with Gasteiger partial charge in [-0.1, -0.05) is 153 Å². The van der Waals surface area contributed by atoms with Crippen molar-refractivity contribution in [3.05, 3.63) is 217 Å². The molecule has 4 heteroatoms. The Morgan fingerprint density at radius 2 is 1.06 bits per heavy atom. The second kappa shape index (κ2) is 13.3. The number of rotatable bonds is 5. The van der Waals surface area contributed by atoms with E-state index in [9.17, 15) is 0 Å². The highest BCUT2D eigenvalue weighted by Crippen LogP contribution is 2.59. The van der Waals surface area contributed by atoms with Crippen LogP contribution in [0.5, 0.6) is 0 Å². The largest absolute Gasteiger partial charge is 0.456 e. The summed E-state index contributed by atoms with van der Waals surface area (Å²) in [6, 6.07) is 74.5. The van der Waals surface area contributed by atoms with Crippen molar-refractivity contribution < 1.29 is 8.83 Å². The van der Waals surface area contributed by atoms with Crippen molar-refractivity contribution in [1.29, 1.82) is 0 Å². The van der Waals surface area contributed by atoms with E-state index in [4.69, 9.17) is 8.83 Å². The monoisotopic (exact) mass is 832 g/mol. The molecule has 0 amide bonds. The summed E-state index contributed by atoms with van der Waals surface area (Å²) in [4.78, 5) is 2.42. The Morgan fingerprint density at radius 1 is 0.431 bits per heavy atom. The first-order chi connectivity index (χ1) is 32.0. The number of hydrogen-bond acceptors (Lipinski definition) is 3. The van der Waals surface area contributed by atoms with Crippen molar-refractivity contribution in [2.45, 2.75) is 19.3 Å². The zero-order valence-corrected chi connectivity index (χ0v) is 35.8. The van der Waals surface area contributed by atoms with E-state index >= 15 is 0 Å². The van der Waals surface area contributed by atoms with E-state index in [1.165, 1.54) is 60.4 Å². The number of anilines is 3. The molecular weight excluding hydrogens is 793 g/mol. The van der Waals surface area contributed by atoms with Crippen LogP contribution in [0.25, 0.3) is 104 Å². The number of para-hydroxylation sites is 4. The van der Waals surface area contributed by atoms with Crippen molar-refractivity contribution in [2.24, 2.45) is 0 Å². The third kappa shape index (κ3) is 5.08. The average molecular weight is 833 g/mol. The second-order valence-corrected chi connectivity index (χ2v) is 18.0. The molecule has 0 atom stereocenters. The minimum absolute atomic E-state index is 0.341. The highest BCUT2D eigenvalue weighted by molar-refractivity contribution is 6.25. The zero-order chi connectivity index (χ0) is 43.0. The van der Waals surface area contributed by atoms with E-state index in [0.29, 0.717) is 0 Å². The molecule has 0 aliphatic heterocycles. The number of aromatic nitrogens is 1. The number of fused-ring (bicyclic) bond motifs is 15. The van der Waals surface area contributed by atoms with Crippen molar-refractivity contribution in [3.8, 4) is 27.9 Å². The van der Waals surface area contributed by atoms with E-state index in [1.807, 2.05) is 0 Å². The Morgan fingerprint density at radius 3 is 1.88 bits per heavy atom. The highest BCUT2D eigenvalue weighted by atomic mass is 16.3. The predicted molar refractivity (Wildman–Crippen MR) is 271 cm³/mol. The molecule has 0 saturated heterocycles. The maximum Gasteiger partial charge on any atom is 0.160 e. The first kappa shape index (κ1) is 36.2. The molecule has 10 aromatic carbocycles. The Hall–Kier alpha value is -8.34. The Kier molecular flexibility index (Phi) is 7.42. The molecular formula is C61H40N2O2. The Balaban J connectivity index is 1.08. The van der Waals surface area contributed by atoms with Gasteiger partial charge in [0.2, 0.25) is 0 Å². The lowest BCUT2D eigenvalue weighted by atomic mass is 9.81. The van der Waals surface area contributed by atoms with Gasteiger partial charge in [0.25, 0.3) is 0 Å². The van der Waals surface area contributed by atoms with Gasteiger partial charge in [0.15, 0.2) is 5.58 Å². The minimum atomic E-state index is -0.341. The van der Waals surface area contributed by atoms with Crippen LogP contribution in [0.4, 0.5) is 17.1 Å². The summed E-state index contributed by atoms with van der Waals surface area (Å²) < 4.78 is 16.1. The second-order valence-electron chi connectivity index (χ2n) is 18.0. The normalized spacial score (nSPS) is 13.2. The predicted octanol–water partition coefficient (Wildman–Crippen LogP) is 17.2. The van der Waals surface area contributed by atoms with Gasteiger partial charge < -0.3 is 18.3 Å². The Bertz CT molecular complexity index is 4090. The molecule has 4 nitrogen and oxygen atoms in total. The summed E-state index contributed by atoms with van der Waals surface area (Å²) in [5.41, 5.74) is 17.0. The van der Waals surface area contributed by atoms with Crippen LogP contribution in [0.1, 0.15) is 25.0 Å². The lowest BCUT2D eigenvalue weighted by Crippen LogP contribution is -2.17. The maximum atomic E-state index is 7.20. The van der Waals surface area contributed by atoms with Crippen molar-refractivity contribution in [1.82, 2.24) is 4.57 Å². The Labute approximate surface area is 374 Å². The van der Waals surface area contributed by atoms with Gasteiger partial charge in [0.05, 0.1) is 16.7 Å². The summed E-state index contributed by atoms with van der Waals surface area (Å²) in [6.45, 7) is 4.74. The van der Waals surface area contributed by atoms with Crippen LogP contribution in [0.15, 0.2) is 215 Å². The summed E-state index contributed by atoms with van der Waals surface area (Å²) >= 11 is 0. The quantitative estimate of drug-likeness (QED) is 0.173. The first-order valence-electron chi connectivity index (χ1n) is 22.4. The smallest absolute Gasteiger partial charge is 0.160 e. The number of hydrogen-bond donors (Lipinski definition) is 0. The fourth-order valence-corrected chi connectivity index (χ4v) is 11.2. The van der Waals surface area contributed by atoms with Crippen LogP contribution in [0.2, 0.25) is 0 Å². The van der Waals surface area contributed by atoms with Gasteiger partial charge in [-0.3, -0.25) is 0 Å². The molecule has 0 bridgehead atoms. The summed E-state index contributed by atoms with van der Waals surface area (Å²) in [6.07, 6.45) is 0. The SMILES string of the molecule is CC1(C)c2ccc3oc4ccccc4c3c2-c2c1cc(N(c1ccc(-c3cccc4ccccc34)cc1)c1ccc3c4ccccc4n(-c4ccccc4)c3c1)c1oc3ccccc3c21. The molecule has 0 saturated carbocycles. The third-order valence-corrected chi connectivity index (χ3v) is 14.2. The van der Waals surface area contributed by atoms with Gasteiger partial charge in [0.1, 0.15) is 16.7 Å². The molecule has 13 aromatic rings. The van der Waals surface area contributed by atoms with Crippen molar-refractivity contribution in [2.75, 3.05) is 4.90 Å². The summed E-state index contributed by atoms with van der Waals surface area (Å²) in [5.74, 6) is 0. The van der Waals surface area contributed by atoms with E-state index < -0.39 is 0 Å². The molecule has 0 unspecified atom stereocenters. The summed E-state index contributed by atoms with van der Waals surface area (Å²) in [7, 11) is 0. The van der Waals surface area contributed by atoms with Crippen LogP contribution in [-0.2, 0) is 5.41 Å². The van der Waals surface area contributed by atoms with Crippen LogP contribution in [-0.4, -0.2) is 4.57 Å². The van der Waals surface area contributed by atoms with Crippen molar-refractivity contribution >= 4 is 93.5 Å². The highest BCUT2D eigenvalue weighted by Gasteiger charge is 2.41. The van der Waals surface area contributed by atoms with Crippen LogP contribution in [0.3, 0.4) is 0 Å². The van der Waals surface area contributed by atoms with E-state index in [-0.39, 0.29) is 5.41 Å². The molecule has 3 heterocycles. The van der Waals surface area contributed by atoms with Gasteiger partial charge in [-0.15, -0.1) is 0 Å². The molecule has 1 aliphatic carbocycles. The average Bonchev–Trinajstić information content (AvgIpc) is 4.08. The van der Waals surface area contributed by atoms with Crippen LogP contribution < -0.4 is 4.90 Å². The topological polar surface area (TPSA) is 34.5 Å². The number of nitrogens with zero attached hydrogens (tertiary/aromatic N) is 2. The minimum Gasteiger partial charge on any atom is -0.456 e. The fourth-order valence-electron chi connectivity index (χ4n) is 11.2. The molecule has 0 radical (unpaired) electrons. The molecule has 0 N–H and O–H groups in total. The van der Waals surface area contributed by atoms with E-state index in [0.717, 1.165) is 72.1 Å². The van der Waals surface area contributed by atoms with E-state index in [1.54, 1.807) is 0 Å². The molecule has 306 valence electrons. The molecule has 0 fully saturated rings. The van der Waals surface area contributed by atoms with Gasteiger partial charge in [-0.05, 0) is 111 Å². The molecule has 1 aliphatic rings. The molecule has 14 rings (SSSR count). The fraction of sp³-hybridized carbons (Fsp3) is 0.0492. The lowest BCUT2D eigenvalue weighted by Gasteiger charge is -2.29. The first-order valence-corrected chi connectivity index (χ1v) is 22.4. The maximum absolute atomic E-state index is 7.20. The van der Waals surface area contributed by atoms with Gasteiger partial charge in [-0.25, -0.2) is 0 Å². The van der Waals surface area contributed by atoms with Gasteiger partial charge >= 0.3 is 0 Å². The van der Waals surface area contributed by atoms with Gasteiger partial charge in [-0.2, -0.15) is 0 Å². The molecule has 3 aromatic heterocycles. The third-order valence-electron chi connectivity index (χ3n) is 14.2. The standard InChI is InChI=1S/C61H40N2O2/c1-61(2)48-33-34-55-56(46-21-9-12-25-53(46)64-55)58(48)59-49(61)36-52(60-57(59)47-22-10-13-26-54(47)65-60)62(40-29-27-38(28-30-40)43-23-14-16-37-15-6-7-19-42(37)43)41-31-32-45-44-20-8-11-24-50(44)63(51(45)35-41)39-17-4-3-5-18-39/h3-36H,1-2H3. The van der Waals surface area contributed by atoms with E-state index in [2.05, 4.69) is 230 Å². The number of furan rings is 2. The van der Waals surface area contributed by atoms with Crippen molar-refractivity contribution in [3.63, 3.8) is 0 Å². The molecule has 0 spiro atoms. The van der Waals surface area contributed by atoms with Crippen LogP contribution >= 0.6 is 0 Å². The lowest BCUT2D eigenvalue weighted by molar-refractivity contribution is 0.654. The van der Waals surface area contributed by atoms with Gasteiger partial charge in [0, 0.05) is 54.8 Å². The number of benzene rings is 10. The van der Waals surface area contributed by atoms with Crippen LogP contribution in [0, 0.1) is 0 Å². The molecule has 65 heavy (non-hydrogen) atoms. The zero-order valence-electron chi connectivity index (χ0n) is 35.8. The summed E-state index contributed by atoms with van der Waals surface area (Å²) in [5, 5.41) is 9.39.